The number of aliphatic hydroxyl groups is 1. The van der Waals surface area contributed by atoms with Crippen LogP contribution in [-0.2, 0) is 26.0 Å². The first kappa shape index (κ1) is 28.7. The fourth-order valence-corrected chi connectivity index (χ4v) is 4.20. The zero-order chi connectivity index (χ0) is 25.5. The van der Waals surface area contributed by atoms with Crippen molar-refractivity contribution in [3.05, 3.63) is 53.6 Å². The minimum absolute atomic E-state index is 0.0434. The molecule has 0 aliphatic rings. The number of amides is 1. The number of nitrogens with one attached hydrogen (secondary N) is 2. The number of rotatable bonds is 18. The van der Waals surface area contributed by atoms with Gasteiger partial charge in [0, 0.05) is 19.8 Å². The largest absolute Gasteiger partial charge is 0.506 e. The minimum Gasteiger partial charge on any atom is -0.506 e. The average molecular weight is 508 g/mol. The van der Waals surface area contributed by atoms with Gasteiger partial charge in [-0.15, -0.1) is 0 Å². The summed E-state index contributed by atoms with van der Waals surface area (Å²) in [7, 11) is -3.66. The molecule has 0 fully saturated rings. The number of aromatic hydroxyl groups is 1. The summed E-state index contributed by atoms with van der Waals surface area (Å²) in [5.41, 5.74) is 1.85. The number of aliphatic hydroxyl groups excluding tert-OH is 1. The van der Waals surface area contributed by atoms with E-state index < -0.39 is 16.1 Å². The zero-order valence-electron chi connectivity index (χ0n) is 20.0. The third-order valence-corrected chi connectivity index (χ3v) is 6.49. The fourth-order valence-electron chi connectivity index (χ4n) is 3.62. The number of nitrogens with two attached hydrogens (primary N) is 1. The van der Waals surface area contributed by atoms with E-state index in [-0.39, 0.29) is 16.3 Å². The molecular formula is C25H37N3O6S. The molecule has 0 radical (unpaired) electrons. The van der Waals surface area contributed by atoms with Crippen LogP contribution >= 0.6 is 0 Å². The number of unbranched alkanes of at least 4 members (excludes halogenated alkanes) is 4. The molecule has 9 nitrogen and oxygen atoms in total. The Labute approximate surface area is 207 Å². The molecule has 1 atom stereocenters. The Morgan fingerprint density at radius 2 is 1.74 bits per heavy atom. The Morgan fingerprint density at radius 3 is 2.49 bits per heavy atom. The third-order valence-electron chi connectivity index (χ3n) is 5.58. The SMILES string of the molecule is NS(=O)(=O)c1cccc(CCCCOCCCCCCNC[C@H](O)c2ccc(O)c(NC=O)c2)c1. The van der Waals surface area contributed by atoms with Crippen LogP contribution in [-0.4, -0.2) is 51.3 Å². The highest BCUT2D eigenvalue weighted by molar-refractivity contribution is 7.89. The van der Waals surface area contributed by atoms with Crippen molar-refractivity contribution in [2.45, 2.75) is 55.9 Å². The molecule has 0 saturated heterocycles. The number of carbonyl (C=O) groups is 1. The summed E-state index contributed by atoms with van der Waals surface area (Å²) in [6, 6.07) is 11.4. The summed E-state index contributed by atoms with van der Waals surface area (Å²) in [5, 5.41) is 30.7. The lowest BCUT2D eigenvalue weighted by Crippen LogP contribution is -2.22. The number of sulfonamides is 1. The maximum Gasteiger partial charge on any atom is 0.238 e. The van der Waals surface area contributed by atoms with Crippen LogP contribution in [0.25, 0.3) is 0 Å². The lowest BCUT2D eigenvalue weighted by atomic mass is 10.1. The van der Waals surface area contributed by atoms with E-state index in [9.17, 15) is 23.4 Å². The molecule has 2 aromatic rings. The molecule has 0 heterocycles. The van der Waals surface area contributed by atoms with Gasteiger partial charge in [-0.05, 0) is 74.0 Å². The van der Waals surface area contributed by atoms with Gasteiger partial charge >= 0.3 is 0 Å². The van der Waals surface area contributed by atoms with Gasteiger partial charge in [0.25, 0.3) is 0 Å². The molecule has 2 aromatic carbocycles. The summed E-state index contributed by atoms with van der Waals surface area (Å²) >= 11 is 0. The van der Waals surface area contributed by atoms with Gasteiger partial charge in [0.15, 0.2) is 0 Å². The first-order chi connectivity index (χ1) is 16.8. The van der Waals surface area contributed by atoms with Gasteiger partial charge in [-0.2, -0.15) is 0 Å². The smallest absolute Gasteiger partial charge is 0.238 e. The Balaban J connectivity index is 1.45. The predicted octanol–water partition coefficient (Wildman–Crippen LogP) is 2.83. The molecule has 0 aromatic heterocycles. The van der Waals surface area contributed by atoms with Crippen LogP contribution in [0.15, 0.2) is 47.4 Å². The molecule has 0 aliphatic carbocycles. The lowest BCUT2D eigenvalue weighted by Gasteiger charge is -2.14. The zero-order valence-corrected chi connectivity index (χ0v) is 20.8. The molecule has 0 unspecified atom stereocenters. The number of phenols is 1. The second kappa shape index (κ2) is 15.5. The first-order valence-electron chi connectivity index (χ1n) is 11.9. The normalized spacial score (nSPS) is 12.4. The quantitative estimate of drug-likeness (QED) is 0.118. The lowest BCUT2D eigenvalue weighted by molar-refractivity contribution is -0.105. The standard InChI is InChI=1S/C25H37N3O6S/c26-35(32,33)22-10-7-9-20(16-22)8-3-6-15-34-14-5-2-1-4-13-27-18-25(31)21-11-12-24(30)23(17-21)28-19-29/h7,9-12,16-17,19,25,27,30-31H,1-6,8,13-15,18H2,(H,28,29)(H2,26,32,33)/t25-/m0/s1. The number of primary sulfonamides is 1. The topological polar surface area (TPSA) is 151 Å². The van der Waals surface area contributed by atoms with Gasteiger partial charge in [0.2, 0.25) is 16.4 Å². The Morgan fingerprint density at radius 1 is 1.00 bits per heavy atom. The van der Waals surface area contributed by atoms with Crippen molar-refractivity contribution in [1.82, 2.24) is 5.32 Å². The van der Waals surface area contributed by atoms with Gasteiger partial charge in [0.1, 0.15) is 5.75 Å². The molecular weight excluding hydrogens is 470 g/mol. The van der Waals surface area contributed by atoms with E-state index in [1.54, 1.807) is 24.3 Å². The van der Waals surface area contributed by atoms with Crippen LogP contribution in [0.1, 0.15) is 55.8 Å². The van der Waals surface area contributed by atoms with Crippen molar-refractivity contribution in [3.8, 4) is 5.75 Å². The van der Waals surface area contributed by atoms with Crippen LogP contribution in [0.2, 0.25) is 0 Å². The van der Waals surface area contributed by atoms with Crippen molar-refractivity contribution < 1.29 is 28.2 Å². The van der Waals surface area contributed by atoms with E-state index in [4.69, 9.17) is 9.88 Å². The summed E-state index contributed by atoms with van der Waals surface area (Å²) in [6.45, 7) is 2.60. The highest BCUT2D eigenvalue weighted by Crippen LogP contribution is 2.26. The van der Waals surface area contributed by atoms with E-state index in [2.05, 4.69) is 10.6 Å². The average Bonchev–Trinajstić information content (AvgIpc) is 2.83. The van der Waals surface area contributed by atoms with E-state index >= 15 is 0 Å². The number of aryl methyl sites for hydroxylation is 1. The van der Waals surface area contributed by atoms with Gasteiger partial charge in [-0.3, -0.25) is 4.79 Å². The second-order valence-electron chi connectivity index (χ2n) is 8.43. The molecule has 0 bridgehead atoms. The van der Waals surface area contributed by atoms with Gasteiger partial charge in [-0.1, -0.05) is 31.0 Å². The van der Waals surface area contributed by atoms with Gasteiger partial charge in [-0.25, -0.2) is 13.6 Å². The van der Waals surface area contributed by atoms with Gasteiger partial charge < -0.3 is 25.6 Å². The molecule has 10 heteroatoms. The maximum atomic E-state index is 11.4. The molecule has 0 saturated carbocycles. The van der Waals surface area contributed by atoms with Gasteiger partial charge in [0.05, 0.1) is 16.7 Å². The van der Waals surface area contributed by atoms with Crippen LogP contribution in [0.4, 0.5) is 5.69 Å². The number of hydrogen-bond acceptors (Lipinski definition) is 7. The molecule has 0 spiro atoms. The van der Waals surface area contributed by atoms with Crippen molar-refractivity contribution in [3.63, 3.8) is 0 Å². The predicted molar refractivity (Wildman–Crippen MR) is 136 cm³/mol. The van der Waals surface area contributed by atoms with E-state index in [0.717, 1.165) is 63.7 Å². The van der Waals surface area contributed by atoms with Crippen LogP contribution < -0.4 is 15.8 Å². The Bertz CT molecular complexity index is 1020. The summed E-state index contributed by atoms with van der Waals surface area (Å²) in [6.07, 6.45) is 6.52. The number of phenolic OH excluding ortho intramolecular Hbond substituents is 1. The number of benzene rings is 2. The maximum absolute atomic E-state index is 11.4. The van der Waals surface area contributed by atoms with E-state index in [1.165, 1.54) is 12.1 Å². The van der Waals surface area contributed by atoms with E-state index in [1.807, 2.05) is 6.07 Å². The highest BCUT2D eigenvalue weighted by atomic mass is 32.2. The molecule has 2 rings (SSSR count). The van der Waals surface area contributed by atoms with Crippen LogP contribution in [0, 0.1) is 0 Å². The van der Waals surface area contributed by atoms with Crippen molar-refractivity contribution in [2.75, 3.05) is 31.6 Å². The van der Waals surface area contributed by atoms with E-state index in [0.29, 0.717) is 25.1 Å². The summed E-state index contributed by atoms with van der Waals surface area (Å²) in [4.78, 5) is 10.7. The Kier molecular flexibility index (Phi) is 12.7. The van der Waals surface area contributed by atoms with Crippen LogP contribution in [0.5, 0.6) is 5.75 Å². The van der Waals surface area contributed by atoms with Crippen molar-refractivity contribution in [2.24, 2.45) is 5.14 Å². The summed E-state index contributed by atoms with van der Waals surface area (Å²) < 4.78 is 28.5. The first-order valence-corrected chi connectivity index (χ1v) is 13.5. The monoisotopic (exact) mass is 507 g/mol. The number of anilines is 1. The van der Waals surface area contributed by atoms with Crippen molar-refractivity contribution >= 4 is 22.1 Å². The molecule has 6 N–H and O–H groups in total. The van der Waals surface area contributed by atoms with Crippen LogP contribution in [0.3, 0.4) is 0 Å². The minimum atomic E-state index is -3.66. The fraction of sp³-hybridized carbons (Fsp3) is 0.480. The number of ether oxygens (including phenoxy) is 1. The molecule has 0 aliphatic heterocycles. The number of carbonyl (C=O) groups excluding carboxylic acids is 1. The third kappa shape index (κ3) is 11.2. The highest BCUT2D eigenvalue weighted by Gasteiger charge is 2.10. The van der Waals surface area contributed by atoms with Crippen molar-refractivity contribution in [1.29, 1.82) is 0 Å². The second-order valence-corrected chi connectivity index (χ2v) is 10.00. The number of hydrogen-bond donors (Lipinski definition) is 5. The molecule has 35 heavy (non-hydrogen) atoms. The summed E-state index contributed by atoms with van der Waals surface area (Å²) in [5.74, 6) is -0.0434. The molecule has 1 amide bonds. The Hall–Kier alpha value is -2.50. The molecule has 194 valence electrons.